The van der Waals surface area contributed by atoms with Crippen molar-refractivity contribution in [2.24, 2.45) is 0 Å². The second-order valence-electron chi connectivity index (χ2n) is 7.82. The molecule has 27 heavy (non-hydrogen) atoms. The highest BCUT2D eigenvalue weighted by Gasteiger charge is 2.22. The summed E-state index contributed by atoms with van der Waals surface area (Å²) in [5.41, 5.74) is 0. The predicted molar refractivity (Wildman–Crippen MR) is 113 cm³/mol. The van der Waals surface area contributed by atoms with Crippen LogP contribution in [0, 0.1) is 11.8 Å². The van der Waals surface area contributed by atoms with E-state index in [1.54, 1.807) is 0 Å². The Bertz CT molecular complexity index is 613. The topological polar surface area (TPSA) is 44.3 Å². The summed E-state index contributed by atoms with van der Waals surface area (Å²) < 4.78 is 0. The number of hydrogen-bond donors (Lipinski definition) is 1. The van der Waals surface area contributed by atoms with Crippen LogP contribution in [0.3, 0.4) is 0 Å². The fraction of sp³-hybridized carbons (Fsp3) is 0.727. The van der Waals surface area contributed by atoms with Crippen molar-refractivity contribution < 1.29 is 0 Å². The second kappa shape index (κ2) is 11.1. The summed E-state index contributed by atoms with van der Waals surface area (Å²) in [6.45, 7) is 7.49. The molecule has 0 bridgehead atoms. The average Bonchev–Trinajstić information content (AvgIpc) is 2.95. The zero-order valence-electron chi connectivity index (χ0n) is 16.9. The summed E-state index contributed by atoms with van der Waals surface area (Å²) in [5.74, 6) is 8.50. The van der Waals surface area contributed by atoms with Gasteiger partial charge in [0.15, 0.2) is 0 Å². The van der Waals surface area contributed by atoms with Gasteiger partial charge in [-0.1, -0.05) is 38.5 Å². The van der Waals surface area contributed by atoms with Gasteiger partial charge in [-0.3, -0.25) is 4.90 Å². The van der Waals surface area contributed by atoms with E-state index in [-0.39, 0.29) is 0 Å². The van der Waals surface area contributed by atoms with Gasteiger partial charge in [0, 0.05) is 44.8 Å². The lowest BCUT2D eigenvalue weighted by molar-refractivity contribution is 0.379. The lowest BCUT2D eigenvalue weighted by atomic mass is 10.2. The summed E-state index contributed by atoms with van der Waals surface area (Å²) >= 11 is 0. The predicted octanol–water partition coefficient (Wildman–Crippen LogP) is 3.93. The maximum absolute atomic E-state index is 4.79. The van der Waals surface area contributed by atoms with Crippen molar-refractivity contribution in [3.63, 3.8) is 0 Å². The third kappa shape index (κ3) is 6.70. The van der Waals surface area contributed by atoms with Gasteiger partial charge in [0.2, 0.25) is 5.95 Å². The Kier molecular flexibility index (Phi) is 8.23. The van der Waals surface area contributed by atoms with E-state index in [1.165, 1.54) is 44.9 Å². The Labute approximate surface area is 164 Å². The van der Waals surface area contributed by atoms with Crippen LogP contribution in [0.4, 0.5) is 11.8 Å². The maximum Gasteiger partial charge on any atom is 0.224 e. The molecule has 0 spiro atoms. The molecule has 3 rings (SSSR count). The molecule has 0 aromatic carbocycles. The molecule has 1 N–H and O–H groups in total. The average molecular weight is 370 g/mol. The first-order valence-electron chi connectivity index (χ1n) is 10.9. The van der Waals surface area contributed by atoms with Crippen LogP contribution in [0.25, 0.3) is 0 Å². The first kappa shape index (κ1) is 19.9. The lowest BCUT2D eigenvalue weighted by Crippen LogP contribution is -2.28. The minimum atomic E-state index is 0.422. The highest BCUT2D eigenvalue weighted by molar-refractivity contribution is 5.43. The molecule has 0 aliphatic carbocycles. The zero-order valence-corrected chi connectivity index (χ0v) is 16.9. The maximum atomic E-state index is 4.79. The van der Waals surface area contributed by atoms with Crippen molar-refractivity contribution in [1.82, 2.24) is 14.9 Å². The first-order valence-corrected chi connectivity index (χ1v) is 10.9. The van der Waals surface area contributed by atoms with Gasteiger partial charge in [-0.05, 0) is 31.7 Å². The van der Waals surface area contributed by atoms with E-state index < -0.39 is 0 Å². The molecule has 2 aliphatic rings. The van der Waals surface area contributed by atoms with E-state index in [1.807, 2.05) is 12.3 Å². The Morgan fingerprint density at radius 3 is 2.78 bits per heavy atom. The fourth-order valence-corrected chi connectivity index (χ4v) is 3.89. The molecule has 0 saturated carbocycles. The van der Waals surface area contributed by atoms with Crippen LogP contribution in [0.2, 0.25) is 0 Å². The molecule has 3 heterocycles. The van der Waals surface area contributed by atoms with Gasteiger partial charge in [0.1, 0.15) is 5.82 Å². The fourth-order valence-electron chi connectivity index (χ4n) is 3.89. The largest absolute Gasteiger partial charge is 0.356 e. The van der Waals surface area contributed by atoms with Crippen LogP contribution in [-0.2, 0) is 0 Å². The molecule has 5 nitrogen and oxygen atoms in total. The lowest BCUT2D eigenvalue weighted by Gasteiger charge is -2.22. The van der Waals surface area contributed by atoms with Gasteiger partial charge in [-0.15, -0.1) is 5.92 Å². The van der Waals surface area contributed by atoms with Crippen molar-refractivity contribution in [3.8, 4) is 11.8 Å². The number of rotatable bonds is 7. The number of anilines is 2. The standard InChI is InChI=1S/C22H35N5/c1-2-3-4-5-6-9-15-26-18-13-20(19-26)24-22-23-14-12-21(25-22)27-16-10-7-8-11-17-27/h12,14,20H,2-5,7-8,10-11,13,15-19H2,1H3,(H,23,24,25). The molecule has 1 unspecified atom stereocenters. The quantitative estimate of drug-likeness (QED) is 0.583. The molecule has 2 aliphatic heterocycles. The van der Waals surface area contributed by atoms with Crippen LogP contribution in [0.15, 0.2) is 12.3 Å². The normalized spacial score (nSPS) is 20.8. The minimum absolute atomic E-state index is 0.422. The molecular formula is C22H35N5. The van der Waals surface area contributed by atoms with Crippen molar-refractivity contribution in [3.05, 3.63) is 12.3 Å². The van der Waals surface area contributed by atoms with E-state index in [0.29, 0.717) is 6.04 Å². The molecule has 148 valence electrons. The Morgan fingerprint density at radius 1 is 1.11 bits per heavy atom. The third-order valence-electron chi connectivity index (χ3n) is 5.51. The third-order valence-corrected chi connectivity index (χ3v) is 5.51. The van der Waals surface area contributed by atoms with Crippen molar-refractivity contribution in [2.75, 3.05) is 42.9 Å². The Morgan fingerprint density at radius 2 is 1.96 bits per heavy atom. The summed E-state index contributed by atoms with van der Waals surface area (Å²) in [7, 11) is 0. The minimum Gasteiger partial charge on any atom is -0.356 e. The van der Waals surface area contributed by atoms with E-state index >= 15 is 0 Å². The summed E-state index contributed by atoms with van der Waals surface area (Å²) in [6.07, 6.45) is 13.1. The number of nitrogens with zero attached hydrogens (tertiary/aromatic N) is 4. The van der Waals surface area contributed by atoms with E-state index in [0.717, 1.165) is 57.3 Å². The van der Waals surface area contributed by atoms with Crippen LogP contribution in [0.1, 0.15) is 64.7 Å². The Balaban J connectivity index is 1.45. The van der Waals surface area contributed by atoms with Crippen molar-refractivity contribution >= 4 is 11.8 Å². The van der Waals surface area contributed by atoms with Crippen LogP contribution in [0.5, 0.6) is 0 Å². The van der Waals surface area contributed by atoms with E-state index in [9.17, 15) is 0 Å². The highest BCUT2D eigenvalue weighted by atomic mass is 15.3. The summed E-state index contributed by atoms with van der Waals surface area (Å²) in [4.78, 5) is 14.1. The van der Waals surface area contributed by atoms with Gasteiger partial charge in [-0.25, -0.2) is 4.98 Å². The van der Waals surface area contributed by atoms with Crippen LogP contribution in [-0.4, -0.2) is 53.6 Å². The molecule has 5 heteroatoms. The number of hydrogen-bond acceptors (Lipinski definition) is 5. The van der Waals surface area contributed by atoms with Crippen LogP contribution >= 0.6 is 0 Å². The first-order chi connectivity index (χ1) is 13.3. The van der Waals surface area contributed by atoms with Gasteiger partial charge >= 0.3 is 0 Å². The molecule has 2 fully saturated rings. The highest BCUT2D eigenvalue weighted by Crippen LogP contribution is 2.19. The van der Waals surface area contributed by atoms with Crippen molar-refractivity contribution in [2.45, 2.75) is 70.8 Å². The van der Waals surface area contributed by atoms with Crippen molar-refractivity contribution in [1.29, 1.82) is 0 Å². The van der Waals surface area contributed by atoms with E-state index in [2.05, 4.69) is 38.9 Å². The number of nitrogens with one attached hydrogen (secondary N) is 1. The molecule has 0 radical (unpaired) electrons. The zero-order chi connectivity index (χ0) is 18.7. The number of likely N-dealkylation sites (tertiary alicyclic amines) is 1. The van der Waals surface area contributed by atoms with Gasteiger partial charge in [-0.2, -0.15) is 4.98 Å². The number of aromatic nitrogens is 2. The molecule has 1 aromatic rings. The summed E-state index contributed by atoms with van der Waals surface area (Å²) in [5, 5.41) is 3.55. The monoisotopic (exact) mass is 369 g/mol. The molecule has 2 saturated heterocycles. The smallest absolute Gasteiger partial charge is 0.224 e. The second-order valence-corrected chi connectivity index (χ2v) is 7.82. The molecular weight excluding hydrogens is 334 g/mol. The van der Waals surface area contributed by atoms with Crippen LogP contribution < -0.4 is 10.2 Å². The van der Waals surface area contributed by atoms with Gasteiger partial charge in [0.25, 0.3) is 0 Å². The molecule has 1 aromatic heterocycles. The van der Waals surface area contributed by atoms with Gasteiger partial charge < -0.3 is 10.2 Å². The molecule has 0 amide bonds. The van der Waals surface area contributed by atoms with E-state index in [4.69, 9.17) is 4.98 Å². The summed E-state index contributed by atoms with van der Waals surface area (Å²) in [6, 6.07) is 2.47. The number of unbranched alkanes of at least 4 members (excludes halogenated alkanes) is 3. The molecule has 1 atom stereocenters. The van der Waals surface area contributed by atoms with Gasteiger partial charge in [0.05, 0.1) is 6.54 Å². The SMILES string of the molecule is CCCCCC#CCN1CCC(Nc2nccc(N3CCCCCC3)n2)C1. The Hall–Kier alpha value is -1.80.